The predicted octanol–water partition coefficient (Wildman–Crippen LogP) is 3.38. The number of esters is 1. The molecule has 9 nitrogen and oxygen atoms in total. The first kappa shape index (κ1) is 19.0. The van der Waals surface area contributed by atoms with Crippen molar-refractivity contribution in [2.75, 3.05) is 12.4 Å². The first-order valence-corrected chi connectivity index (χ1v) is 8.48. The third-order valence-electron chi connectivity index (χ3n) is 4.11. The number of aryl methyl sites for hydroxylation is 2. The van der Waals surface area contributed by atoms with Crippen LogP contribution in [0.3, 0.4) is 0 Å². The Balaban J connectivity index is 1.85. The summed E-state index contributed by atoms with van der Waals surface area (Å²) < 4.78 is 6.46. The first-order valence-electron chi connectivity index (χ1n) is 8.48. The Kier molecular flexibility index (Phi) is 5.35. The molecule has 3 rings (SSSR count). The summed E-state index contributed by atoms with van der Waals surface area (Å²) in [5, 5.41) is 18.6. The summed E-state index contributed by atoms with van der Waals surface area (Å²) in [6.07, 6.45) is 0. The largest absolute Gasteiger partial charge is 0.465 e. The number of ether oxygens (including phenoxy) is 1. The number of nitrogens with zero attached hydrogens (tertiary/aromatic N) is 4. The van der Waals surface area contributed by atoms with Crippen LogP contribution >= 0.6 is 0 Å². The van der Waals surface area contributed by atoms with Crippen LogP contribution in [0.1, 0.15) is 27.6 Å². The average Bonchev–Trinajstić information content (AvgIpc) is 2.98. The van der Waals surface area contributed by atoms with Gasteiger partial charge in [-0.25, -0.2) is 14.5 Å². The molecule has 1 N–H and O–H groups in total. The summed E-state index contributed by atoms with van der Waals surface area (Å²) in [4.78, 5) is 26.7. The summed E-state index contributed by atoms with van der Waals surface area (Å²) in [5.74, 6) is 0.781. The van der Waals surface area contributed by atoms with Gasteiger partial charge in [0.1, 0.15) is 17.2 Å². The van der Waals surface area contributed by atoms with Crippen molar-refractivity contribution in [3.63, 3.8) is 0 Å². The fraction of sp³-hybridized carbons (Fsp3) is 0.211. The zero-order chi connectivity index (χ0) is 20.3. The molecule has 144 valence electrons. The minimum atomic E-state index is -0.763. The van der Waals surface area contributed by atoms with Gasteiger partial charge in [0.05, 0.1) is 18.6 Å². The molecule has 0 amide bonds. The number of nitrogens with one attached hydrogen (secondary N) is 1. The lowest BCUT2D eigenvalue weighted by atomic mass is 10.1. The second-order valence-electron chi connectivity index (χ2n) is 6.17. The van der Waals surface area contributed by atoms with Crippen molar-refractivity contribution in [1.82, 2.24) is 14.8 Å². The second-order valence-corrected chi connectivity index (χ2v) is 6.17. The maximum atomic E-state index is 11.9. The third-order valence-corrected chi connectivity index (χ3v) is 4.11. The number of benzene rings is 2. The highest BCUT2D eigenvalue weighted by Gasteiger charge is 2.21. The fourth-order valence-corrected chi connectivity index (χ4v) is 2.84. The molecule has 9 heteroatoms. The van der Waals surface area contributed by atoms with E-state index in [1.807, 2.05) is 42.8 Å². The molecule has 0 fully saturated rings. The minimum Gasteiger partial charge on any atom is -0.465 e. The number of rotatable bonds is 6. The molecule has 28 heavy (non-hydrogen) atoms. The van der Waals surface area contributed by atoms with Crippen LogP contribution in [-0.2, 0) is 11.3 Å². The van der Waals surface area contributed by atoms with Crippen molar-refractivity contribution >= 4 is 23.0 Å². The van der Waals surface area contributed by atoms with E-state index in [4.69, 9.17) is 0 Å². The first-order chi connectivity index (χ1) is 13.4. The highest BCUT2D eigenvalue weighted by Crippen LogP contribution is 2.26. The Morgan fingerprint density at radius 1 is 1.21 bits per heavy atom. The molecule has 0 bridgehead atoms. The number of hydrogen-bond acceptors (Lipinski definition) is 7. The number of hydrogen-bond donors (Lipinski definition) is 1. The van der Waals surface area contributed by atoms with Crippen molar-refractivity contribution in [2.24, 2.45) is 0 Å². The number of carbonyl (C=O) groups excluding carboxylic acids is 1. The van der Waals surface area contributed by atoms with E-state index in [-0.39, 0.29) is 11.3 Å². The SMILES string of the molecule is COC(=O)c1cc(Nc2cccc(Cn3nc(C)nc3C)c2)ccc1[N+](=O)[O-]. The average molecular weight is 381 g/mol. The Labute approximate surface area is 161 Å². The lowest BCUT2D eigenvalue weighted by Gasteiger charge is -2.10. The number of aromatic nitrogens is 3. The van der Waals surface area contributed by atoms with Crippen LogP contribution in [0, 0.1) is 24.0 Å². The molecule has 0 saturated heterocycles. The number of methoxy groups -OCH3 is 1. The predicted molar refractivity (Wildman–Crippen MR) is 103 cm³/mol. The van der Waals surface area contributed by atoms with Crippen LogP contribution in [0.4, 0.5) is 17.1 Å². The quantitative estimate of drug-likeness (QED) is 0.396. The van der Waals surface area contributed by atoms with Gasteiger partial charge in [0, 0.05) is 17.4 Å². The Bertz CT molecular complexity index is 1040. The third kappa shape index (κ3) is 4.14. The smallest absolute Gasteiger partial charge is 0.344 e. The maximum Gasteiger partial charge on any atom is 0.344 e. The van der Waals surface area contributed by atoms with Gasteiger partial charge in [-0.15, -0.1) is 0 Å². The van der Waals surface area contributed by atoms with Crippen LogP contribution in [0.15, 0.2) is 42.5 Å². The van der Waals surface area contributed by atoms with Crippen molar-refractivity contribution < 1.29 is 14.5 Å². The highest BCUT2D eigenvalue weighted by atomic mass is 16.6. The second kappa shape index (κ2) is 7.87. The molecule has 0 unspecified atom stereocenters. The summed E-state index contributed by atoms with van der Waals surface area (Å²) in [6, 6.07) is 11.9. The van der Waals surface area contributed by atoms with Gasteiger partial charge in [-0.05, 0) is 43.7 Å². The van der Waals surface area contributed by atoms with Gasteiger partial charge in [0.2, 0.25) is 0 Å². The normalized spacial score (nSPS) is 10.5. The fourth-order valence-electron chi connectivity index (χ4n) is 2.84. The van der Waals surface area contributed by atoms with Crippen molar-refractivity contribution in [2.45, 2.75) is 20.4 Å². The van der Waals surface area contributed by atoms with E-state index < -0.39 is 10.9 Å². The van der Waals surface area contributed by atoms with E-state index in [2.05, 4.69) is 20.1 Å². The van der Waals surface area contributed by atoms with E-state index >= 15 is 0 Å². The van der Waals surface area contributed by atoms with Crippen LogP contribution in [0.25, 0.3) is 0 Å². The minimum absolute atomic E-state index is 0.109. The molecule has 0 atom stereocenters. The molecular weight excluding hydrogens is 362 g/mol. The molecule has 3 aromatic rings. The zero-order valence-corrected chi connectivity index (χ0v) is 15.7. The Morgan fingerprint density at radius 2 is 1.96 bits per heavy atom. The van der Waals surface area contributed by atoms with Crippen molar-refractivity contribution in [1.29, 1.82) is 0 Å². The van der Waals surface area contributed by atoms with Crippen molar-refractivity contribution in [3.8, 4) is 0 Å². The monoisotopic (exact) mass is 381 g/mol. The number of carbonyl (C=O) groups is 1. The highest BCUT2D eigenvalue weighted by molar-refractivity contribution is 5.95. The molecule has 2 aromatic carbocycles. The van der Waals surface area contributed by atoms with Gasteiger partial charge in [-0.2, -0.15) is 5.10 Å². The molecule has 0 saturated carbocycles. The number of nitro benzene ring substituents is 1. The maximum absolute atomic E-state index is 11.9. The van der Waals surface area contributed by atoms with Crippen LogP contribution in [0.5, 0.6) is 0 Å². The molecule has 0 spiro atoms. The van der Waals surface area contributed by atoms with Crippen LogP contribution in [0.2, 0.25) is 0 Å². The summed E-state index contributed by atoms with van der Waals surface area (Å²) >= 11 is 0. The standard InChI is InChI=1S/C19H19N5O4/c1-12-20-13(2)23(22-12)11-14-5-4-6-15(9-14)21-16-7-8-18(24(26)27)17(10-16)19(25)28-3/h4-10,21H,11H2,1-3H3. The van der Waals surface area contributed by atoms with Gasteiger partial charge in [0.15, 0.2) is 0 Å². The summed E-state index contributed by atoms with van der Waals surface area (Å²) in [5.41, 5.74) is 1.91. The van der Waals surface area contributed by atoms with Crippen LogP contribution in [-0.4, -0.2) is 32.8 Å². The topological polar surface area (TPSA) is 112 Å². The number of nitro groups is 1. The Morgan fingerprint density at radius 3 is 2.61 bits per heavy atom. The van der Waals surface area contributed by atoms with Crippen LogP contribution < -0.4 is 5.32 Å². The van der Waals surface area contributed by atoms with Gasteiger partial charge in [-0.1, -0.05) is 12.1 Å². The lowest BCUT2D eigenvalue weighted by molar-refractivity contribution is -0.385. The molecule has 0 aliphatic carbocycles. The summed E-state index contributed by atoms with van der Waals surface area (Å²) in [6.45, 7) is 4.30. The molecular formula is C19H19N5O4. The lowest BCUT2D eigenvalue weighted by Crippen LogP contribution is -2.07. The molecule has 0 radical (unpaired) electrons. The van der Waals surface area contributed by atoms with Gasteiger partial charge < -0.3 is 10.1 Å². The Hall–Kier alpha value is -3.75. The number of anilines is 2. The van der Waals surface area contributed by atoms with Gasteiger partial charge in [0.25, 0.3) is 5.69 Å². The van der Waals surface area contributed by atoms with E-state index in [0.29, 0.717) is 18.1 Å². The zero-order valence-electron chi connectivity index (χ0n) is 15.7. The molecule has 0 aliphatic heterocycles. The van der Waals surface area contributed by atoms with E-state index in [9.17, 15) is 14.9 Å². The van der Waals surface area contributed by atoms with E-state index in [1.165, 1.54) is 19.2 Å². The molecule has 1 heterocycles. The summed E-state index contributed by atoms with van der Waals surface area (Å²) in [7, 11) is 1.18. The van der Waals surface area contributed by atoms with E-state index in [0.717, 1.165) is 17.1 Å². The van der Waals surface area contributed by atoms with Gasteiger partial charge >= 0.3 is 5.97 Å². The van der Waals surface area contributed by atoms with Gasteiger partial charge in [-0.3, -0.25) is 10.1 Å². The molecule has 0 aliphatic rings. The molecule has 1 aromatic heterocycles. The van der Waals surface area contributed by atoms with E-state index in [1.54, 1.807) is 6.07 Å². The van der Waals surface area contributed by atoms with Crippen molar-refractivity contribution in [3.05, 3.63) is 75.4 Å².